The number of nitrogens with one attached hydrogen (secondary N) is 4. The predicted molar refractivity (Wildman–Crippen MR) is 197 cm³/mol. The molecule has 2 unspecified atom stereocenters. The summed E-state index contributed by atoms with van der Waals surface area (Å²) < 4.78 is 10.9. The van der Waals surface area contributed by atoms with E-state index >= 15 is 0 Å². The molecule has 1 fully saturated rings. The van der Waals surface area contributed by atoms with E-state index in [0.29, 0.717) is 23.5 Å². The molecule has 1 saturated heterocycles. The van der Waals surface area contributed by atoms with Gasteiger partial charge in [-0.05, 0) is 106 Å². The second kappa shape index (κ2) is 14.2. The number of carbonyl (C=O) groups excluding carboxylic acids is 2. The second-order valence-corrected chi connectivity index (χ2v) is 14.5. The van der Waals surface area contributed by atoms with Crippen molar-refractivity contribution in [2.75, 3.05) is 13.7 Å². The number of aromatic amines is 2. The molecule has 5 N–H and O–H groups in total. The Morgan fingerprint density at radius 2 is 1.78 bits per heavy atom. The lowest BCUT2D eigenvalue weighted by Crippen LogP contribution is -2.31. The van der Waals surface area contributed by atoms with Crippen molar-refractivity contribution in [3.05, 3.63) is 84.6 Å². The molecule has 6 rings (SSSR count). The number of fused-ring (bicyclic) bond motifs is 8. The number of esters is 2. The van der Waals surface area contributed by atoms with Gasteiger partial charge in [-0.25, -0.2) is 4.79 Å². The summed E-state index contributed by atoms with van der Waals surface area (Å²) in [7, 11) is 1.35. The molecule has 3 aliphatic heterocycles. The van der Waals surface area contributed by atoms with Crippen molar-refractivity contribution in [2.24, 2.45) is 17.8 Å². The van der Waals surface area contributed by atoms with Crippen LogP contribution in [0.25, 0.3) is 17.7 Å². The van der Waals surface area contributed by atoms with Crippen molar-refractivity contribution in [3.63, 3.8) is 0 Å². The van der Waals surface area contributed by atoms with Gasteiger partial charge in [-0.15, -0.1) is 0 Å². The van der Waals surface area contributed by atoms with Crippen molar-refractivity contribution in [1.82, 2.24) is 20.6 Å². The molecular formula is C41H54N4O5. The lowest BCUT2D eigenvalue weighted by molar-refractivity contribution is -0.143. The largest absolute Gasteiger partial charge is 0.466 e. The summed E-state index contributed by atoms with van der Waals surface area (Å²) in [6, 6.07) is -0.244. The van der Waals surface area contributed by atoms with Crippen molar-refractivity contribution in [3.8, 4) is 0 Å². The summed E-state index contributed by atoms with van der Waals surface area (Å²) in [5.41, 5.74) is 11.2. The first-order valence-corrected chi connectivity index (χ1v) is 18.3. The highest BCUT2D eigenvalue weighted by Gasteiger charge is 2.47. The minimum atomic E-state index is -1.15. The molecule has 0 spiro atoms. The van der Waals surface area contributed by atoms with E-state index in [2.05, 4.69) is 80.4 Å². The van der Waals surface area contributed by atoms with Crippen LogP contribution in [0, 0.1) is 31.6 Å². The average molecular weight is 683 g/mol. The fraction of sp³-hybridized carbons (Fsp3) is 0.512. The van der Waals surface area contributed by atoms with Crippen LogP contribution in [-0.4, -0.2) is 52.8 Å². The van der Waals surface area contributed by atoms with E-state index in [0.717, 1.165) is 58.3 Å². The van der Waals surface area contributed by atoms with Gasteiger partial charge in [0.2, 0.25) is 0 Å². The van der Waals surface area contributed by atoms with Gasteiger partial charge in [0.05, 0.1) is 30.5 Å². The van der Waals surface area contributed by atoms with Crippen LogP contribution in [0.4, 0.5) is 0 Å². The molecule has 0 saturated carbocycles. The normalized spacial score (nSPS) is 28.0. The molecule has 268 valence electrons. The Balaban J connectivity index is 1.53. The van der Waals surface area contributed by atoms with Crippen molar-refractivity contribution in [2.45, 2.75) is 106 Å². The molecule has 1 aliphatic carbocycles. The van der Waals surface area contributed by atoms with Gasteiger partial charge in [0, 0.05) is 57.2 Å². The van der Waals surface area contributed by atoms with Gasteiger partial charge in [0.1, 0.15) is 12.7 Å². The molecule has 50 heavy (non-hydrogen) atoms. The van der Waals surface area contributed by atoms with Gasteiger partial charge in [-0.2, -0.15) is 0 Å². The highest BCUT2D eigenvalue weighted by molar-refractivity contribution is 6.03. The first-order valence-electron chi connectivity index (χ1n) is 18.3. The van der Waals surface area contributed by atoms with Crippen LogP contribution in [-0.2, 0) is 25.5 Å². The molecule has 9 heteroatoms. The van der Waals surface area contributed by atoms with Gasteiger partial charge in [0.15, 0.2) is 0 Å². The smallest absolute Gasteiger partial charge is 0.337 e. The fourth-order valence-electron chi connectivity index (χ4n) is 8.64. The SMILES string of the molecule is CC/C(C)=C/COC(=O)CC[C@@H]1C2N/C(=C\C3=C(C)[C@H](CC)C(/C=c4\[nH]/c(c(CC)c4C)=C\c4[nH]c5c(c4C)[C@H](O)C(C(=O)OC)=C52)N3)[C@H]1C. The predicted octanol–water partition coefficient (Wildman–Crippen LogP) is 5.18. The number of aliphatic hydroxyl groups excluding tert-OH is 1. The number of ether oxygens (including phenoxy) is 2. The van der Waals surface area contributed by atoms with Crippen LogP contribution in [0.15, 0.2) is 40.3 Å². The van der Waals surface area contributed by atoms with Gasteiger partial charge >= 0.3 is 11.9 Å². The minimum absolute atomic E-state index is 0.0190. The van der Waals surface area contributed by atoms with E-state index in [9.17, 15) is 14.7 Å². The molecule has 5 heterocycles. The molecular weight excluding hydrogens is 628 g/mol. The Hall–Kier alpha value is -4.24. The number of allylic oxidation sites excluding steroid dienone is 3. The minimum Gasteiger partial charge on any atom is -0.466 e. The summed E-state index contributed by atoms with van der Waals surface area (Å²) in [6.45, 7) is 17.4. The van der Waals surface area contributed by atoms with Crippen LogP contribution in [0.1, 0.15) is 107 Å². The number of H-pyrrole nitrogens is 2. The van der Waals surface area contributed by atoms with E-state index in [1.54, 1.807) is 0 Å². The zero-order valence-corrected chi connectivity index (χ0v) is 31.1. The van der Waals surface area contributed by atoms with Gasteiger partial charge < -0.3 is 35.2 Å². The Kier molecular flexibility index (Phi) is 10.1. The Labute approximate surface area is 295 Å². The Morgan fingerprint density at radius 3 is 2.46 bits per heavy atom. The molecule has 9 nitrogen and oxygen atoms in total. The maximum absolute atomic E-state index is 13.5. The maximum atomic E-state index is 13.5. The number of hydrogen-bond donors (Lipinski definition) is 5. The van der Waals surface area contributed by atoms with E-state index < -0.39 is 12.1 Å². The molecule has 2 aromatic heterocycles. The number of aromatic nitrogens is 2. The zero-order chi connectivity index (χ0) is 36.0. The standard InChI is InChI=1S/C41H54N4O5/c1-10-20(4)15-16-50-34(46)14-13-27-23(7)30-17-28-21(5)25(11-2)32(42-28)18-29-22(6)26(12-3)33(43-29)19-31-24(8)35-39(45-31)36(38(27)44-30)37(40(35)47)41(48)49-9/h15,17-19,23,25,27,32,38,40,42-45,47H,10-14,16H2,1-9H3/b20-15+,29-18-,30-17-,33-19-/t23-,25-,27-,32?,38?,40-/m0/s1. The summed E-state index contributed by atoms with van der Waals surface area (Å²) in [4.78, 5) is 33.9. The van der Waals surface area contributed by atoms with Gasteiger partial charge in [-0.1, -0.05) is 33.3 Å². The lowest BCUT2D eigenvalue weighted by atomic mass is 9.82. The zero-order valence-electron chi connectivity index (χ0n) is 31.1. The monoisotopic (exact) mass is 682 g/mol. The quantitative estimate of drug-likeness (QED) is 0.182. The molecule has 0 radical (unpaired) electrons. The number of methoxy groups -OCH3 is 1. The third-order valence-electron chi connectivity index (χ3n) is 11.9. The highest BCUT2D eigenvalue weighted by Crippen LogP contribution is 2.50. The number of aliphatic hydroxyl groups is 1. The summed E-state index contributed by atoms with van der Waals surface area (Å²) in [6.07, 6.45) is 11.1. The summed E-state index contributed by atoms with van der Waals surface area (Å²) in [5.74, 6) is -0.535. The summed E-state index contributed by atoms with van der Waals surface area (Å²) >= 11 is 0. The molecule has 6 atom stereocenters. The van der Waals surface area contributed by atoms with E-state index in [1.807, 2.05) is 19.9 Å². The number of rotatable bonds is 9. The number of carbonyl (C=O) groups is 2. The van der Waals surface area contributed by atoms with Gasteiger partial charge in [0.25, 0.3) is 0 Å². The fourth-order valence-corrected chi connectivity index (χ4v) is 8.64. The van der Waals surface area contributed by atoms with Crippen LogP contribution < -0.4 is 21.3 Å². The number of hydrogen-bond acceptors (Lipinski definition) is 7. The van der Waals surface area contributed by atoms with Crippen LogP contribution >= 0.6 is 0 Å². The first-order chi connectivity index (χ1) is 23.9. The molecule has 0 amide bonds. The third-order valence-corrected chi connectivity index (χ3v) is 11.9. The highest BCUT2D eigenvalue weighted by atomic mass is 16.5. The Morgan fingerprint density at radius 1 is 1.02 bits per heavy atom. The maximum Gasteiger partial charge on any atom is 0.337 e. The van der Waals surface area contributed by atoms with Gasteiger partial charge in [-0.3, -0.25) is 4.79 Å². The Bertz CT molecular complexity index is 1950. The molecule has 8 bridgehead atoms. The molecule has 0 aromatic carbocycles. The van der Waals surface area contributed by atoms with Crippen LogP contribution in [0.3, 0.4) is 0 Å². The van der Waals surface area contributed by atoms with Crippen molar-refractivity contribution < 1.29 is 24.2 Å². The average Bonchev–Trinajstić information content (AvgIpc) is 3.84. The third kappa shape index (κ3) is 6.08. The molecule has 2 aromatic rings. The molecule has 4 aliphatic rings. The van der Waals surface area contributed by atoms with Crippen molar-refractivity contribution >= 4 is 29.7 Å². The van der Waals surface area contributed by atoms with Crippen LogP contribution in [0.5, 0.6) is 0 Å². The van der Waals surface area contributed by atoms with Crippen LogP contribution in [0.2, 0.25) is 0 Å². The first kappa shape index (κ1) is 35.6. The van der Waals surface area contributed by atoms with E-state index in [1.165, 1.54) is 29.4 Å². The summed E-state index contributed by atoms with van der Waals surface area (Å²) in [5, 5.41) is 21.7. The van der Waals surface area contributed by atoms with Crippen molar-refractivity contribution in [1.29, 1.82) is 0 Å². The second-order valence-electron chi connectivity index (χ2n) is 14.5. The van der Waals surface area contributed by atoms with E-state index in [4.69, 9.17) is 9.47 Å². The lowest BCUT2D eigenvalue weighted by Gasteiger charge is -2.24. The topological polar surface area (TPSA) is 128 Å². The van der Waals surface area contributed by atoms with E-state index in [-0.39, 0.29) is 48.5 Å².